The summed E-state index contributed by atoms with van der Waals surface area (Å²) in [6.45, 7) is 6.76. The Morgan fingerprint density at radius 3 is 2.45 bits per heavy atom. The molecule has 1 aliphatic heterocycles. The monoisotopic (exact) mass is 415 g/mol. The zero-order valence-corrected chi connectivity index (χ0v) is 17.7. The Morgan fingerprint density at radius 2 is 1.79 bits per heavy atom. The van der Waals surface area contributed by atoms with Crippen LogP contribution in [0.1, 0.15) is 13.3 Å². The van der Waals surface area contributed by atoms with E-state index in [0.29, 0.717) is 17.9 Å². The van der Waals surface area contributed by atoms with Crippen LogP contribution in [0.2, 0.25) is 0 Å². The highest BCUT2D eigenvalue weighted by Gasteiger charge is 2.20. The molecule has 1 aliphatic rings. The predicted octanol–water partition coefficient (Wildman–Crippen LogP) is 2.03. The average molecular weight is 416 g/mol. The van der Waals surface area contributed by atoms with Gasteiger partial charge in [-0.25, -0.2) is 13.4 Å². The van der Waals surface area contributed by atoms with E-state index in [2.05, 4.69) is 25.1 Å². The summed E-state index contributed by atoms with van der Waals surface area (Å²) in [7, 11) is -3.25. The van der Waals surface area contributed by atoms with E-state index in [4.69, 9.17) is 0 Å². The number of piperazine rings is 1. The van der Waals surface area contributed by atoms with Crippen molar-refractivity contribution in [2.75, 3.05) is 49.9 Å². The number of aliphatic imine (C=N–C) groups is 1. The molecule has 1 aromatic heterocycles. The Bertz CT molecular complexity index is 880. The molecular formula is C21H29N5O2S. The molecule has 0 saturated carbocycles. The van der Waals surface area contributed by atoms with E-state index in [-0.39, 0.29) is 5.75 Å². The molecule has 3 rings (SSSR count). The van der Waals surface area contributed by atoms with Crippen molar-refractivity contribution in [1.82, 2.24) is 15.2 Å². The summed E-state index contributed by atoms with van der Waals surface area (Å²) in [5.74, 6) is 1.96. The number of aromatic nitrogens is 1. The van der Waals surface area contributed by atoms with Gasteiger partial charge in [0, 0.05) is 45.5 Å². The molecule has 7 nitrogen and oxygen atoms in total. The summed E-state index contributed by atoms with van der Waals surface area (Å²) in [5.41, 5.74) is 0. The fourth-order valence-electron chi connectivity index (χ4n) is 3.30. The maximum absolute atomic E-state index is 12.4. The number of benzene rings is 1. The SMILES string of the molecule is CCNC(=NCCCS(=O)(=O)c1ccccc1)N1CCN(c2ccccn2)CC1. The molecule has 2 heterocycles. The van der Waals surface area contributed by atoms with Crippen molar-refractivity contribution in [2.24, 2.45) is 4.99 Å². The van der Waals surface area contributed by atoms with Gasteiger partial charge in [0.1, 0.15) is 5.82 Å². The van der Waals surface area contributed by atoms with Gasteiger partial charge >= 0.3 is 0 Å². The molecule has 0 aliphatic carbocycles. The number of pyridine rings is 1. The number of anilines is 1. The minimum atomic E-state index is -3.25. The number of hydrogen-bond acceptors (Lipinski definition) is 5. The Balaban J connectivity index is 1.52. The quantitative estimate of drug-likeness (QED) is 0.424. The lowest BCUT2D eigenvalue weighted by atomic mass is 10.3. The lowest BCUT2D eigenvalue weighted by molar-refractivity contribution is 0.371. The van der Waals surface area contributed by atoms with Crippen LogP contribution in [0.4, 0.5) is 5.82 Å². The molecule has 1 fully saturated rings. The van der Waals surface area contributed by atoms with E-state index in [1.54, 1.807) is 24.3 Å². The fraction of sp³-hybridized carbons (Fsp3) is 0.429. The second-order valence-electron chi connectivity index (χ2n) is 6.88. The first kappa shape index (κ1) is 21.1. The number of nitrogens with zero attached hydrogens (tertiary/aromatic N) is 4. The van der Waals surface area contributed by atoms with Gasteiger partial charge in [0.2, 0.25) is 0 Å². The van der Waals surface area contributed by atoms with Crippen molar-refractivity contribution in [3.63, 3.8) is 0 Å². The Labute approximate surface area is 173 Å². The molecule has 0 atom stereocenters. The first-order valence-corrected chi connectivity index (χ1v) is 11.7. The van der Waals surface area contributed by atoms with E-state index in [0.717, 1.165) is 44.5 Å². The number of sulfone groups is 1. The second kappa shape index (κ2) is 10.2. The van der Waals surface area contributed by atoms with Crippen LogP contribution in [-0.4, -0.2) is 69.3 Å². The topological polar surface area (TPSA) is 77.9 Å². The van der Waals surface area contributed by atoms with Crippen molar-refractivity contribution in [3.05, 3.63) is 54.7 Å². The molecule has 1 N–H and O–H groups in total. The third kappa shape index (κ3) is 5.93. The van der Waals surface area contributed by atoms with Crippen LogP contribution in [0.25, 0.3) is 0 Å². The predicted molar refractivity (Wildman–Crippen MR) is 117 cm³/mol. The van der Waals surface area contributed by atoms with Gasteiger partial charge in [0.25, 0.3) is 0 Å². The fourth-order valence-corrected chi connectivity index (χ4v) is 4.62. The van der Waals surface area contributed by atoms with Crippen LogP contribution in [0.5, 0.6) is 0 Å². The van der Waals surface area contributed by atoms with Gasteiger partial charge in [-0.05, 0) is 37.6 Å². The van der Waals surface area contributed by atoms with E-state index in [1.165, 1.54) is 0 Å². The van der Waals surface area contributed by atoms with Crippen molar-refractivity contribution < 1.29 is 8.42 Å². The van der Waals surface area contributed by atoms with Crippen molar-refractivity contribution in [3.8, 4) is 0 Å². The lowest BCUT2D eigenvalue weighted by Gasteiger charge is -2.37. The van der Waals surface area contributed by atoms with Crippen molar-refractivity contribution >= 4 is 21.6 Å². The van der Waals surface area contributed by atoms with Crippen LogP contribution in [0.15, 0.2) is 64.6 Å². The van der Waals surface area contributed by atoms with Gasteiger partial charge in [-0.15, -0.1) is 0 Å². The van der Waals surface area contributed by atoms with E-state index in [1.807, 2.05) is 37.4 Å². The molecule has 0 spiro atoms. The zero-order valence-electron chi connectivity index (χ0n) is 16.9. The minimum absolute atomic E-state index is 0.105. The number of hydrogen-bond donors (Lipinski definition) is 1. The molecule has 0 unspecified atom stereocenters. The van der Waals surface area contributed by atoms with E-state index >= 15 is 0 Å². The molecule has 156 valence electrons. The molecule has 1 aromatic carbocycles. The molecule has 29 heavy (non-hydrogen) atoms. The second-order valence-corrected chi connectivity index (χ2v) is 8.99. The zero-order chi connectivity index (χ0) is 20.5. The Hall–Kier alpha value is -2.61. The van der Waals surface area contributed by atoms with Crippen molar-refractivity contribution in [2.45, 2.75) is 18.2 Å². The summed E-state index contributed by atoms with van der Waals surface area (Å²) in [6, 6.07) is 14.6. The van der Waals surface area contributed by atoms with Crippen LogP contribution >= 0.6 is 0 Å². The van der Waals surface area contributed by atoms with Gasteiger partial charge in [0.05, 0.1) is 10.6 Å². The van der Waals surface area contributed by atoms with Crippen LogP contribution < -0.4 is 10.2 Å². The highest BCUT2D eigenvalue weighted by Crippen LogP contribution is 2.13. The van der Waals surface area contributed by atoms with E-state index in [9.17, 15) is 8.42 Å². The lowest BCUT2D eigenvalue weighted by Crippen LogP contribution is -2.52. The van der Waals surface area contributed by atoms with Crippen LogP contribution in [-0.2, 0) is 9.84 Å². The molecular weight excluding hydrogens is 386 g/mol. The van der Waals surface area contributed by atoms with Crippen LogP contribution in [0, 0.1) is 0 Å². The highest BCUT2D eigenvalue weighted by molar-refractivity contribution is 7.91. The summed E-state index contributed by atoms with van der Waals surface area (Å²) < 4.78 is 24.8. The maximum atomic E-state index is 12.4. The van der Waals surface area contributed by atoms with Gasteiger partial charge in [-0.1, -0.05) is 24.3 Å². The third-order valence-corrected chi connectivity index (χ3v) is 6.64. The molecule has 0 amide bonds. The number of nitrogens with one attached hydrogen (secondary N) is 1. The Morgan fingerprint density at radius 1 is 1.07 bits per heavy atom. The summed E-state index contributed by atoms with van der Waals surface area (Å²) in [4.78, 5) is 14.0. The number of rotatable bonds is 7. The summed E-state index contributed by atoms with van der Waals surface area (Å²) in [6.07, 6.45) is 2.32. The van der Waals surface area contributed by atoms with Crippen LogP contribution in [0.3, 0.4) is 0 Å². The minimum Gasteiger partial charge on any atom is -0.357 e. The van der Waals surface area contributed by atoms with Crippen molar-refractivity contribution in [1.29, 1.82) is 0 Å². The first-order chi connectivity index (χ1) is 14.1. The normalized spacial score (nSPS) is 15.4. The molecule has 1 saturated heterocycles. The standard InChI is InChI=1S/C21H29N5O2S/c1-2-22-21(24-13-8-18-29(27,28)19-9-4-3-5-10-19)26-16-14-25(15-17-26)20-11-6-7-12-23-20/h3-7,9-12H,2,8,13-18H2,1H3,(H,22,24). The Kier molecular flexibility index (Phi) is 7.46. The maximum Gasteiger partial charge on any atom is 0.194 e. The summed E-state index contributed by atoms with van der Waals surface area (Å²) >= 11 is 0. The molecule has 0 bridgehead atoms. The van der Waals surface area contributed by atoms with Gasteiger partial charge in [0.15, 0.2) is 15.8 Å². The highest BCUT2D eigenvalue weighted by atomic mass is 32.2. The largest absolute Gasteiger partial charge is 0.357 e. The molecule has 8 heteroatoms. The molecule has 0 radical (unpaired) electrons. The smallest absolute Gasteiger partial charge is 0.194 e. The number of guanidine groups is 1. The van der Waals surface area contributed by atoms with Gasteiger partial charge in [-0.3, -0.25) is 4.99 Å². The molecule has 2 aromatic rings. The van der Waals surface area contributed by atoms with Gasteiger partial charge in [-0.2, -0.15) is 0 Å². The van der Waals surface area contributed by atoms with Gasteiger partial charge < -0.3 is 15.1 Å². The first-order valence-electron chi connectivity index (χ1n) is 10.1. The average Bonchev–Trinajstić information content (AvgIpc) is 2.77. The summed E-state index contributed by atoms with van der Waals surface area (Å²) in [5, 5.41) is 3.33. The third-order valence-electron chi connectivity index (χ3n) is 4.82. The van der Waals surface area contributed by atoms with E-state index < -0.39 is 9.84 Å².